The normalized spacial score (nSPS) is 11.9. The van der Waals surface area contributed by atoms with Crippen LogP contribution in [0.5, 0.6) is 11.8 Å². The van der Waals surface area contributed by atoms with Gasteiger partial charge >= 0.3 is 6.08 Å². The van der Waals surface area contributed by atoms with E-state index in [-0.39, 0.29) is 11.5 Å². The van der Waals surface area contributed by atoms with Gasteiger partial charge in [0.1, 0.15) is 12.0 Å². The molecule has 1 aromatic heterocycles. The number of oxazole rings is 1. The van der Waals surface area contributed by atoms with Gasteiger partial charge < -0.3 is 14.5 Å². The molecule has 2 aromatic rings. The minimum Gasteiger partial charge on any atom is -0.417 e. The van der Waals surface area contributed by atoms with E-state index in [0.29, 0.717) is 12.6 Å². The molecule has 1 N–H and O–H groups in total. The lowest BCUT2D eigenvalue weighted by molar-refractivity contribution is 0.330. The number of hydrogen-bond acceptors (Lipinski definition) is 4. The van der Waals surface area contributed by atoms with Crippen LogP contribution in [0.1, 0.15) is 45.9 Å². The Hall–Kier alpha value is -1.81. The molecule has 4 heteroatoms. The molecule has 0 radical (unpaired) electrons. The molecular weight excluding hydrogens is 264 g/mol. The number of nitrogens with zero attached hydrogens (tertiary/aromatic N) is 1. The molecule has 0 atom stereocenters. The van der Waals surface area contributed by atoms with Crippen molar-refractivity contribution in [3.63, 3.8) is 0 Å². The summed E-state index contributed by atoms with van der Waals surface area (Å²) < 4.78 is 11.0. The second-order valence-electron chi connectivity index (χ2n) is 6.52. The molecule has 0 aliphatic carbocycles. The van der Waals surface area contributed by atoms with E-state index in [1.165, 1.54) is 5.56 Å². The van der Waals surface area contributed by atoms with Crippen LogP contribution in [0.4, 0.5) is 0 Å². The van der Waals surface area contributed by atoms with Crippen LogP contribution in [0.2, 0.25) is 0 Å². The lowest BCUT2D eigenvalue weighted by atomic mass is 9.87. The molecule has 4 nitrogen and oxygen atoms in total. The van der Waals surface area contributed by atoms with E-state index in [9.17, 15) is 0 Å². The topological polar surface area (TPSA) is 47.3 Å². The molecule has 0 aliphatic heterocycles. The molecule has 0 amide bonds. The summed E-state index contributed by atoms with van der Waals surface area (Å²) in [5.41, 5.74) is 2.24. The Bertz CT molecular complexity index is 565. The molecule has 0 aliphatic rings. The summed E-state index contributed by atoms with van der Waals surface area (Å²) in [6, 6.07) is 8.43. The number of aromatic nitrogens is 1. The summed E-state index contributed by atoms with van der Waals surface area (Å²) in [7, 11) is 0. The van der Waals surface area contributed by atoms with Crippen molar-refractivity contribution in [2.75, 3.05) is 0 Å². The maximum absolute atomic E-state index is 5.63. The quantitative estimate of drug-likeness (QED) is 0.893. The molecule has 1 heterocycles. The third-order valence-corrected chi connectivity index (χ3v) is 3.15. The molecule has 21 heavy (non-hydrogen) atoms. The van der Waals surface area contributed by atoms with Crippen molar-refractivity contribution in [3.8, 4) is 11.8 Å². The zero-order valence-electron chi connectivity index (χ0n) is 13.4. The second-order valence-corrected chi connectivity index (χ2v) is 6.52. The first kappa shape index (κ1) is 15.6. The van der Waals surface area contributed by atoms with Crippen LogP contribution in [0.25, 0.3) is 0 Å². The maximum Gasteiger partial charge on any atom is 0.399 e. The van der Waals surface area contributed by atoms with E-state index < -0.39 is 0 Å². The molecule has 1 aromatic carbocycles. The first-order valence-electron chi connectivity index (χ1n) is 7.31. The Balaban J connectivity index is 1.98. The highest BCUT2D eigenvalue weighted by molar-refractivity contribution is 5.32. The maximum atomic E-state index is 5.63. The van der Waals surface area contributed by atoms with Crippen LogP contribution < -0.4 is 10.1 Å². The van der Waals surface area contributed by atoms with Crippen LogP contribution in [0.3, 0.4) is 0 Å². The molecular formula is C17H24N2O2. The number of ether oxygens (including phenoxy) is 1. The van der Waals surface area contributed by atoms with E-state index in [4.69, 9.17) is 9.15 Å². The third kappa shape index (κ3) is 4.60. The summed E-state index contributed by atoms with van der Waals surface area (Å²) >= 11 is 0. The van der Waals surface area contributed by atoms with Crippen molar-refractivity contribution in [2.45, 2.75) is 52.6 Å². The van der Waals surface area contributed by atoms with Gasteiger partial charge in [0, 0.05) is 12.6 Å². The van der Waals surface area contributed by atoms with Gasteiger partial charge in [0.25, 0.3) is 0 Å². The fourth-order valence-electron chi connectivity index (χ4n) is 1.85. The van der Waals surface area contributed by atoms with Crippen LogP contribution >= 0.6 is 0 Å². The standard InChI is InChI=1S/C17H24N2O2/c1-12(2)18-10-14-11-20-16(19-14)21-15-8-6-13(7-9-15)17(3,4)5/h6-9,11-12,18H,10H2,1-5H3. The van der Waals surface area contributed by atoms with Crippen molar-refractivity contribution in [1.29, 1.82) is 0 Å². The summed E-state index contributed by atoms with van der Waals surface area (Å²) in [4.78, 5) is 4.30. The van der Waals surface area contributed by atoms with E-state index in [0.717, 1.165) is 11.4 Å². The highest BCUT2D eigenvalue weighted by Gasteiger charge is 2.13. The summed E-state index contributed by atoms with van der Waals surface area (Å²) in [5.74, 6) is 0.730. The Morgan fingerprint density at radius 1 is 1.19 bits per heavy atom. The SMILES string of the molecule is CC(C)NCc1coc(Oc2ccc(C(C)(C)C)cc2)n1. The van der Waals surface area contributed by atoms with Gasteiger partial charge in [0.05, 0.1) is 5.69 Å². The minimum absolute atomic E-state index is 0.136. The summed E-state index contributed by atoms with van der Waals surface area (Å²) in [6.07, 6.45) is 1.90. The highest BCUT2D eigenvalue weighted by atomic mass is 16.6. The Kier molecular flexibility index (Phi) is 4.68. The molecule has 0 saturated carbocycles. The zero-order valence-corrected chi connectivity index (χ0v) is 13.4. The van der Waals surface area contributed by atoms with Crippen LogP contribution in [0, 0.1) is 0 Å². The first-order chi connectivity index (χ1) is 9.84. The van der Waals surface area contributed by atoms with E-state index in [1.54, 1.807) is 6.26 Å². The highest BCUT2D eigenvalue weighted by Crippen LogP contribution is 2.26. The fourth-order valence-corrected chi connectivity index (χ4v) is 1.85. The van der Waals surface area contributed by atoms with Gasteiger partial charge in [-0.25, -0.2) is 0 Å². The summed E-state index contributed by atoms with van der Waals surface area (Å²) in [5, 5.41) is 3.28. The van der Waals surface area contributed by atoms with Crippen LogP contribution in [-0.4, -0.2) is 11.0 Å². The number of rotatable bonds is 5. The van der Waals surface area contributed by atoms with Crippen molar-refractivity contribution >= 4 is 0 Å². The van der Waals surface area contributed by atoms with E-state index >= 15 is 0 Å². The molecule has 2 rings (SSSR count). The van der Waals surface area contributed by atoms with Crippen LogP contribution in [-0.2, 0) is 12.0 Å². The second kappa shape index (κ2) is 6.31. The monoisotopic (exact) mass is 288 g/mol. The third-order valence-electron chi connectivity index (χ3n) is 3.15. The van der Waals surface area contributed by atoms with Gasteiger partial charge in [-0.3, -0.25) is 0 Å². The van der Waals surface area contributed by atoms with Crippen LogP contribution in [0.15, 0.2) is 34.9 Å². The molecule has 0 fully saturated rings. The number of nitrogens with one attached hydrogen (secondary N) is 1. The lowest BCUT2D eigenvalue weighted by Crippen LogP contribution is -2.21. The largest absolute Gasteiger partial charge is 0.417 e. The van der Waals surface area contributed by atoms with E-state index in [1.807, 2.05) is 12.1 Å². The molecule has 0 unspecified atom stereocenters. The zero-order chi connectivity index (χ0) is 15.5. The predicted octanol–water partition coefficient (Wildman–Crippen LogP) is 4.26. The summed E-state index contributed by atoms with van der Waals surface area (Å²) in [6.45, 7) is 11.4. The van der Waals surface area contributed by atoms with Crippen molar-refractivity contribution in [1.82, 2.24) is 10.3 Å². The van der Waals surface area contributed by atoms with Gasteiger partial charge in [-0.2, -0.15) is 4.98 Å². The van der Waals surface area contributed by atoms with Crippen molar-refractivity contribution in [3.05, 3.63) is 41.8 Å². The average molecular weight is 288 g/mol. The molecule has 0 saturated heterocycles. The Labute approximate surface area is 126 Å². The average Bonchev–Trinajstić information content (AvgIpc) is 2.83. The Morgan fingerprint density at radius 2 is 1.86 bits per heavy atom. The Morgan fingerprint density at radius 3 is 2.43 bits per heavy atom. The first-order valence-corrected chi connectivity index (χ1v) is 7.31. The van der Waals surface area contributed by atoms with Gasteiger partial charge in [0.2, 0.25) is 0 Å². The van der Waals surface area contributed by atoms with Crippen molar-refractivity contribution in [2.24, 2.45) is 0 Å². The van der Waals surface area contributed by atoms with Gasteiger partial charge in [-0.15, -0.1) is 0 Å². The van der Waals surface area contributed by atoms with Crippen molar-refractivity contribution < 1.29 is 9.15 Å². The molecule has 114 valence electrons. The van der Waals surface area contributed by atoms with E-state index in [2.05, 4.69) is 57.1 Å². The molecule has 0 spiro atoms. The number of hydrogen-bond donors (Lipinski definition) is 1. The molecule has 0 bridgehead atoms. The fraction of sp³-hybridized carbons (Fsp3) is 0.471. The minimum atomic E-state index is 0.136. The lowest BCUT2D eigenvalue weighted by Gasteiger charge is -2.18. The smallest absolute Gasteiger partial charge is 0.399 e. The van der Waals surface area contributed by atoms with Gasteiger partial charge in [-0.05, 0) is 23.1 Å². The predicted molar refractivity (Wildman–Crippen MR) is 83.7 cm³/mol. The van der Waals surface area contributed by atoms with Gasteiger partial charge in [-0.1, -0.05) is 46.8 Å². The number of benzene rings is 1. The van der Waals surface area contributed by atoms with Gasteiger partial charge in [0.15, 0.2) is 0 Å².